The van der Waals surface area contributed by atoms with Crippen molar-refractivity contribution in [2.75, 3.05) is 13.1 Å². The number of hydrogen-bond acceptors (Lipinski definition) is 2. The molecule has 0 radical (unpaired) electrons. The zero-order valence-electron chi connectivity index (χ0n) is 10.8. The van der Waals surface area contributed by atoms with Gasteiger partial charge in [-0.15, -0.1) is 0 Å². The van der Waals surface area contributed by atoms with Crippen LogP contribution in [0, 0.1) is 11.7 Å². The van der Waals surface area contributed by atoms with Crippen molar-refractivity contribution in [1.82, 2.24) is 4.31 Å². The van der Waals surface area contributed by atoms with Gasteiger partial charge in [0.15, 0.2) is 0 Å². The van der Waals surface area contributed by atoms with Gasteiger partial charge in [-0.2, -0.15) is 4.31 Å². The van der Waals surface area contributed by atoms with Crippen molar-refractivity contribution in [3.8, 4) is 0 Å². The molecule has 0 aromatic heterocycles. The highest BCUT2D eigenvalue weighted by molar-refractivity contribution is 9.10. The average Bonchev–Trinajstić information content (AvgIpc) is 2.26. The fraction of sp³-hybridized carbons (Fsp3) is 0.538. The van der Waals surface area contributed by atoms with Crippen LogP contribution in [-0.4, -0.2) is 25.8 Å². The molecule has 2 rings (SSSR count). The second-order valence-electron chi connectivity index (χ2n) is 4.83. The lowest BCUT2D eigenvalue weighted by Crippen LogP contribution is -2.37. The molecule has 1 aliphatic carbocycles. The van der Waals surface area contributed by atoms with Gasteiger partial charge in [0.25, 0.3) is 0 Å². The van der Waals surface area contributed by atoms with Crippen molar-refractivity contribution in [3.05, 3.63) is 28.5 Å². The monoisotopic (exact) mass is 349 g/mol. The number of halogens is 2. The molecule has 0 atom stereocenters. The molecule has 1 aromatic carbocycles. The van der Waals surface area contributed by atoms with Gasteiger partial charge in [0, 0.05) is 17.6 Å². The van der Waals surface area contributed by atoms with Crippen molar-refractivity contribution >= 4 is 26.0 Å². The van der Waals surface area contributed by atoms with Crippen molar-refractivity contribution in [1.29, 1.82) is 0 Å². The smallest absolute Gasteiger partial charge is 0.207 e. The molecule has 0 bridgehead atoms. The number of rotatable bonds is 5. The van der Waals surface area contributed by atoms with Crippen LogP contribution in [0.3, 0.4) is 0 Å². The molecule has 0 N–H and O–H groups in total. The highest BCUT2D eigenvalue weighted by Crippen LogP contribution is 2.31. The topological polar surface area (TPSA) is 37.4 Å². The fourth-order valence-electron chi connectivity index (χ4n) is 2.18. The third-order valence-corrected chi connectivity index (χ3v) is 6.47. The summed E-state index contributed by atoms with van der Waals surface area (Å²) in [6.07, 6.45) is 3.37. The summed E-state index contributed by atoms with van der Waals surface area (Å²) in [5, 5.41) is 0. The minimum atomic E-state index is -3.55. The highest BCUT2D eigenvalue weighted by atomic mass is 79.9. The molecule has 1 fully saturated rings. The fourth-order valence-corrected chi connectivity index (χ4v) is 4.72. The minimum absolute atomic E-state index is 0.134. The lowest BCUT2D eigenvalue weighted by molar-refractivity contribution is 0.250. The van der Waals surface area contributed by atoms with Crippen molar-refractivity contribution in [3.63, 3.8) is 0 Å². The van der Waals surface area contributed by atoms with Gasteiger partial charge in [-0.1, -0.05) is 13.3 Å². The molecule has 19 heavy (non-hydrogen) atoms. The van der Waals surface area contributed by atoms with E-state index in [4.69, 9.17) is 0 Å². The Bertz CT molecular complexity index is 558. The Kier molecular flexibility index (Phi) is 4.63. The summed E-state index contributed by atoms with van der Waals surface area (Å²) in [5.74, 6) is 0.0156. The maximum Gasteiger partial charge on any atom is 0.244 e. The first kappa shape index (κ1) is 14.9. The van der Waals surface area contributed by atoms with E-state index in [0.717, 1.165) is 12.8 Å². The molecule has 0 amide bonds. The maximum absolute atomic E-state index is 13.1. The Morgan fingerprint density at radius 2 is 2.11 bits per heavy atom. The van der Waals surface area contributed by atoms with Crippen LogP contribution in [0.5, 0.6) is 0 Å². The molecule has 1 aromatic rings. The molecular weight excluding hydrogens is 333 g/mol. The largest absolute Gasteiger partial charge is 0.244 e. The summed E-state index contributed by atoms with van der Waals surface area (Å²) in [4.78, 5) is 0.134. The number of nitrogens with zero attached hydrogens (tertiary/aromatic N) is 1. The second-order valence-corrected chi connectivity index (χ2v) is 7.59. The van der Waals surface area contributed by atoms with E-state index in [0.29, 0.717) is 19.0 Å². The molecule has 0 saturated heterocycles. The zero-order chi connectivity index (χ0) is 14.0. The van der Waals surface area contributed by atoms with E-state index in [1.54, 1.807) is 0 Å². The maximum atomic E-state index is 13.1. The molecule has 1 saturated carbocycles. The van der Waals surface area contributed by atoms with Crippen LogP contribution in [0.1, 0.15) is 26.2 Å². The van der Waals surface area contributed by atoms with Crippen molar-refractivity contribution in [2.45, 2.75) is 31.1 Å². The van der Waals surface area contributed by atoms with Crippen molar-refractivity contribution in [2.24, 2.45) is 5.92 Å². The summed E-state index contributed by atoms with van der Waals surface area (Å²) in [6, 6.07) is 3.68. The van der Waals surface area contributed by atoms with Crippen LogP contribution >= 0.6 is 15.9 Å². The number of benzene rings is 1. The third-order valence-electron chi connectivity index (χ3n) is 3.55. The van der Waals surface area contributed by atoms with Crippen LogP contribution in [0.15, 0.2) is 27.6 Å². The van der Waals surface area contributed by atoms with Gasteiger partial charge in [0.05, 0.1) is 4.90 Å². The number of hydrogen-bond donors (Lipinski definition) is 0. The quantitative estimate of drug-likeness (QED) is 0.816. The summed E-state index contributed by atoms with van der Waals surface area (Å²) < 4.78 is 39.9. The van der Waals surface area contributed by atoms with E-state index < -0.39 is 15.8 Å². The van der Waals surface area contributed by atoms with Crippen LogP contribution in [0.25, 0.3) is 0 Å². The van der Waals surface area contributed by atoms with Crippen LogP contribution < -0.4 is 0 Å². The lowest BCUT2D eigenvalue weighted by atomic mass is 9.85. The van der Waals surface area contributed by atoms with Gasteiger partial charge in [0.2, 0.25) is 10.0 Å². The van der Waals surface area contributed by atoms with Gasteiger partial charge in [-0.3, -0.25) is 0 Å². The predicted molar refractivity (Wildman–Crippen MR) is 75.9 cm³/mol. The standard InChI is InChI=1S/C13H17BrFNO2S/c1-2-16(9-10-4-3-5-10)19(17,18)13-7-6-11(15)8-12(13)14/h6-8,10H,2-5,9H2,1H3. The minimum Gasteiger partial charge on any atom is -0.207 e. The van der Waals surface area contributed by atoms with E-state index in [-0.39, 0.29) is 9.37 Å². The van der Waals surface area contributed by atoms with Gasteiger partial charge in [0.1, 0.15) is 5.82 Å². The highest BCUT2D eigenvalue weighted by Gasteiger charge is 2.29. The Balaban J connectivity index is 2.27. The lowest BCUT2D eigenvalue weighted by Gasteiger charge is -2.31. The molecule has 3 nitrogen and oxygen atoms in total. The Hall–Kier alpha value is -0.460. The van der Waals surface area contributed by atoms with Crippen LogP contribution in [0.4, 0.5) is 4.39 Å². The third kappa shape index (κ3) is 3.17. The summed E-state index contributed by atoms with van der Waals surface area (Å²) in [5.41, 5.74) is 0. The predicted octanol–water partition coefficient (Wildman–Crippen LogP) is 3.40. The van der Waals surface area contributed by atoms with Gasteiger partial charge < -0.3 is 0 Å². The van der Waals surface area contributed by atoms with Gasteiger partial charge in [-0.05, 0) is 52.9 Å². The van der Waals surface area contributed by atoms with Gasteiger partial charge in [-0.25, -0.2) is 12.8 Å². The van der Waals surface area contributed by atoms with E-state index in [1.807, 2.05) is 6.92 Å². The van der Waals surface area contributed by atoms with Crippen LogP contribution in [-0.2, 0) is 10.0 Å². The average molecular weight is 350 g/mol. The first-order chi connectivity index (χ1) is 8.95. The Morgan fingerprint density at radius 3 is 2.58 bits per heavy atom. The normalized spacial score (nSPS) is 16.6. The van der Waals surface area contributed by atoms with Gasteiger partial charge >= 0.3 is 0 Å². The van der Waals surface area contributed by atoms with E-state index in [2.05, 4.69) is 15.9 Å². The second kappa shape index (κ2) is 5.89. The molecule has 0 spiro atoms. The molecule has 6 heteroatoms. The first-order valence-corrected chi connectivity index (χ1v) is 8.63. The molecule has 1 aliphatic rings. The summed E-state index contributed by atoms with van der Waals surface area (Å²) >= 11 is 3.13. The summed E-state index contributed by atoms with van der Waals surface area (Å²) in [6.45, 7) is 2.82. The SMILES string of the molecule is CCN(CC1CCC1)S(=O)(=O)c1ccc(F)cc1Br. The van der Waals surface area contributed by atoms with E-state index in [1.165, 1.54) is 28.9 Å². The molecule has 0 aliphatic heterocycles. The molecular formula is C13H17BrFNO2S. The molecule has 106 valence electrons. The van der Waals surface area contributed by atoms with Crippen molar-refractivity contribution < 1.29 is 12.8 Å². The Labute approximate surface area is 122 Å². The summed E-state index contributed by atoms with van der Waals surface area (Å²) in [7, 11) is -3.55. The first-order valence-electron chi connectivity index (χ1n) is 6.40. The molecule has 0 heterocycles. The van der Waals surface area contributed by atoms with E-state index in [9.17, 15) is 12.8 Å². The van der Waals surface area contributed by atoms with E-state index >= 15 is 0 Å². The number of sulfonamides is 1. The zero-order valence-corrected chi connectivity index (χ0v) is 13.2. The van der Waals surface area contributed by atoms with Crippen LogP contribution in [0.2, 0.25) is 0 Å². The Morgan fingerprint density at radius 1 is 1.42 bits per heavy atom. The molecule has 0 unspecified atom stereocenters.